The van der Waals surface area contributed by atoms with E-state index in [1.54, 1.807) is 0 Å². The molecule has 1 atom stereocenters. The van der Waals surface area contributed by atoms with Crippen LogP contribution in [0.1, 0.15) is 27.2 Å². The summed E-state index contributed by atoms with van der Waals surface area (Å²) in [6, 6.07) is 0.670. The number of hydrogen-bond donors (Lipinski definition) is 0. The molecular weight excluding hydrogens is 150 g/mol. The first-order chi connectivity index (χ1) is 5.74. The number of nitrogens with zero attached hydrogens (tertiary/aromatic N) is 1. The standard InChI is InChI=1S/C10H21NO/c1-4-11-5-6-12-8-10(11)7-9(2)3/h9-10H,4-8H2,1-3H3. The molecule has 1 unspecified atom stereocenters. The van der Waals surface area contributed by atoms with Gasteiger partial charge in [-0.25, -0.2) is 0 Å². The number of ether oxygens (including phenoxy) is 1. The zero-order chi connectivity index (χ0) is 8.97. The number of morpholine rings is 1. The van der Waals surface area contributed by atoms with Gasteiger partial charge in [0, 0.05) is 12.6 Å². The van der Waals surface area contributed by atoms with Crippen LogP contribution in [0.2, 0.25) is 0 Å². The minimum atomic E-state index is 0.670. The van der Waals surface area contributed by atoms with Gasteiger partial charge in [-0.2, -0.15) is 0 Å². The molecule has 1 heterocycles. The van der Waals surface area contributed by atoms with E-state index in [1.807, 2.05) is 0 Å². The Morgan fingerprint density at radius 2 is 2.25 bits per heavy atom. The van der Waals surface area contributed by atoms with Gasteiger partial charge in [-0.05, 0) is 18.9 Å². The average Bonchev–Trinajstić information content (AvgIpc) is 2.04. The third-order valence-electron chi connectivity index (χ3n) is 2.50. The van der Waals surface area contributed by atoms with Crippen LogP contribution in [0, 0.1) is 5.92 Å². The summed E-state index contributed by atoms with van der Waals surface area (Å²) in [4.78, 5) is 2.53. The smallest absolute Gasteiger partial charge is 0.0622 e. The first-order valence-corrected chi connectivity index (χ1v) is 5.05. The lowest BCUT2D eigenvalue weighted by molar-refractivity contribution is -0.0118. The van der Waals surface area contributed by atoms with Crippen LogP contribution in [0.25, 0.3) is 0 Å². The highest BCUT2D eigenvalue weighted by Gasteiger charge is 2.21. The third kappa shape index (κ3) is 2.76. The fraction of sp³-hybridized carbons (Fsp3) is 1.00. The minimum absolute atomic E-state index is 0.670. The molecule has 0 N–H and O–H groups in total. The molecule has 0 aromatic rings. The molecule has 0 radical (unpaired) electrons. The first-order valence-electron chi connectivity index (χ1n) is 5.05. The highest BCUT2D eigenvalue weighted by atomic mass is 16.5. The largest absolute Gasteiger partial charge is 0.378 e. The van der Waals surface area contributed by atoms with Crippen LogP contribution < -0.4 is 0 Å². The Kier molecular flexibility index (Phi) is 4.02. The van der Waals surface area contributed by atoms with Crippen molar-refractivity contribution in [2.24, 2.45) is 5.92 Å². The molecule has 0 bridgehead atoms. The molecule has 0 aliphatic carbocycles. The average molecular weight is 171 g/mol. The molecular formula is C10H21NO. The molecule has 0 aromatic carbocycles. The van der Waals surface area contributed by atoms with Gasteiger partial charge < -0.3 is 4.74 Å². The van der Waals surface area contributed by atoms with E-state index in [0.29, 0.717) is 6.04 Å². The lowest BCUT2D eigenvalue weighted by Crippen LogP contribution is -2.45. The Bertz CT molecular complexity index is 125. The highest BCUT2D eigenvalue weighted by molar-refractivity contribution is 4.75. The number of rotatable bonds is 3. The van der Waals surface area contributed by atoms with Crippen LogP contribution in [0.15, 0.2) is 0 Å². The molecule has 0 amide bonds. The Morgan fingerprint density at radius 3 is 2.83 bits per heavy atom. The maximum atomic E-state index is 5.47. The third-order valence-corrected chi connectivity index (χ3v) is 2.50. The lowest BCUT2D eigenvalue weighted by Gasteiger charge is -2.35. The highest BCUT2D eigenvalue weighted by Crippen LogP contribution is 2.14. The molecule has 1 fully saturated rings. The summed E-state index contributed by atoms with van der Waals surface area (Å²) in [5.74, 6) is 0.783. The van der Waals surface area contributed by atoms with Crippen molar-refractivity contribution >= 4 is 0 Å². The van der Waals surface area contributed by atoms with Crippen LogP contribution in [-0.4, -0.2) is 37.2 Å². The maximum absolute atomic E-state index is 5.47. The van der Waals surface area contributed by atoms with E-state index in [2.05, 4.69) is 25.7 Å². The van der Waals surface area contributed by atoms with E-state index in [9.17, 15) is 0 Å². The van der Waals surface area contributed by atoms with E-state index in [4.69, 9.17) is 4.74 Å². The van der Waals surface area contributed by atoms with Gasteiger partial charge in [0.15, 0.2) is 0 Å². The molecule has 0 saturated carbocycles. The van der Waals surface area contributed by atoms with Gasteiger partial charge in [-0.15, -0.1) is 0 Å². The molecule has 1 aliphatic rings. The summed E-state index contributed by atoms with van der Waals surface area (Å²) in [5, 5.41) is 0. The molecule has 1 rings (SSSR count). The summed E-state index contributed by atoms with van der Waals surface area (Å²) in [5.41, 5.74) is 0. The van der Waals surface area contributed by atoms with Crippen molar-refractivity contribution in [3.8, 4) is 0 Å². The van der Waals surface area contributed by atoms with E-state index >= 15 is 0 Å². The van der Waals surface area contributed by atoms with E-state index in [0.717, 1.165) is 25.7 Å². The van der Waals surface area contributed by atoms with E-state index in [-0.39, 0.29) is 0 Å². The van der Waals surface area contributed by atoms with Gasteiger partial charge in [0.05, 0.1) is 13.2 Å². The molecule has 12 heavy (non-hydrogen) atoms. The van der Waals surface area contributed by atoms with Gasteiger partial charge in [0.2, 0.25) is 0 Å². The second kappa shape index (κ2) is 4.83. The van der Waals surface area contributed by atoms with Gasteiger partial charge in [-0.3, -0.25) is 4.90 Å². The summed E-state index contributed by atoms with van der Waals surface area (Å²) >= 11 is 0. The summed E-state index contributed by atoms with van der Waals surface area (Å²) in [6.45, 7) is 10.9. The zero-order valence-electron chi connectivity index (χ0n) is 8.55. The maximum Gasteiger partial charge on any atom is 0.0622 e. The molecule has 2 heteroatoms. The Balaban J connectivity index is 2.36. The van der Waals surface area contributed by atoms with Crippen LogP contribution >= 0.6 is 0 Å². The molecule has 72 valence electrons. The predicted octanol–water partition coefficient (Wildman–Crippen LogP) is 1.75. The van der Waals surface area contributed by atoms with Crippen LogP contribution in [0.5, 0.6) is 0 Å². The summed E-state index contributed by atoms with van der Waals surface area (Å²) in [6.07, 6.45) is 1.27. The topological polar surface area (TPSA) is 12.5 Å². The predicted molar refractivity (Wildman–Crippen MR) is 51.3 cm³/mol. The fourth-order valence-corrected chi connectivity index (χ4v) is 1.87. The van der Waals surface area contributed by atoms with Crippen molar-refractivity contribution in [3.63, 3.8) is 0 Å². The number of hydrogen-bond acceptors (Lipinski definition) is 2. The molecule has 1 saturated heterocycles. The first kappa shape index (κ1) is 10.0. The molecule has 0 aromatic heterocycles. The van der Waals surface area contributed by atoms with Crippen LogP contribution in [0.3, 0.4) is 0 Å². The molecule has 2 nitrogen and oxygen atoms in total. The Labute approximate surface area is 75.9 Å². The van der Waals surface area contributed by atoms with Gasteiger partial charge in [0.25, 0.3) is 0 Å². The van der Waals surface area contributed by atoms with Gasteiger partial charge in [-0.1, -0.05) is 20.8 Å². The Hall–Kier alpha value is -0.0800. The monoisotopic (exact) mass is 171 g/mol. The van der Waals surface area contributed by atoms with Gasteiger partial charge >= 0.3 is 0 Å². The van der Waals surface area contributed by atoms with Crippen LogP contribution in [0.4, 0.5) is 0 Å². The summed E-state index contributed by atoms with van der Waals surface area (Å²) < 4.78 is 5.47. The second-order valence-electron chi connectivity index (χ2n) is 3.99. The zero-order valence-corrected chi connectivity index (χ0v) is 8.55. The van der Waals surface area contributed by atoms with Crippen molar-refractivity contribution in [2.75, 3.05) is 26.3 Å². The second-order valence-corrected chi connectivity index (χ2v) is 3.99. The van der Waals surface area contributed by atoms with Crippen molar-refractivity contribution in [1.29, 1.82) is 0 Å². The van der Waals surface area contributed by atoms with E-state index in [1.165, 1.54) is 13.0 Å². The number of likely N-dealkylation sites (N-methyl/N-ethyl adjacent to an activating group) is 1. The summed E-state index contributed by atoms with van der Waals surface area (Å²) in [7, 11) is 0. The molecule has 0 spiro atoms. The van der Waals surface area contributed by atoms with Crippen molar-refractivity contribution in [2.45, 2.75) is 33.2 Å². The Morgan fingerprint density at radius 1 is 1.50 bits per heavy atom. The normalized spacial score (nSPS) is 26.5. The lowest BCUT2D eigenvalue weighted by atomic mass is 10.0. The SMILES string of the molecule is CCN1CCOCC1CC(C)C. The van der Waals surface area contributed by atoms with E-state index < -0.39 is 0 Å². The van der Waals surface area contributed by atoms with Crippen molar-refractivity contribution < 1.29 is 4.74 Å². The fourth-order valence-electron chi connectivity index (χ4n) is 1.87. The van der Waals surface area contributed by atoms with Crippen molar-refractivity contribution in [3.05, 3.63) is 0 Å². The van der Waals surface area contributed by atoms with Gasteiger partial charge in [0.1, 0.15) is 0 Å². The van der Waals surface area contributed by atoms with Crippen molar-refractivity contribution in [1.82, 2.24) is 4.90 Å². The quantitative estimate of drug-likeness (QED) is 0.641. The molecule has 1 aliphatic heterocycles. The minimum Gasteiger partial charge on any atom is -0.378 e. The van der Waals surface area contributed by atoms with Crippen LogP contribution in [-0.2, 0) is 4.74 Å².